The number of hydrogen-bond acceptors (Lipinski definition) is 4. The van der Waals surface area contributed by atoms with Crippen LogP contribution >= 0.6 is 0 Å². The number of hydrogen-bond donors (Lipinski definition) is 2. The van der Waals surface area contributed by atoms with E-state index in [4.69, 9.17) is 0 Å². The van der Waals surface area contributed by atoms with Crippen LogP contribution < -0.4 is 0 Å². The first kappa shape index (κ1) is 9.25. The Morgan fingerprint density at radius 3 is 2.23 bits per heavy atom. The highest BCUT2D eigenvalue weighted by molar-refractivity contribution is 5.94. The Kier molecular flexibility index (Phi) is 2.32. The maximum atomic E-state index is 10.5. The number of carbonyl (C=O) groups excluding carboxylic acids is 2. The maximum Gasteiger partial charge on any atom is 0.169 e. The molecule has 1 rings (SSSR count). The van der Waals surface area contributed by atoms with Gasteiger partial charge in [-0.25, -0.2) is 0 Å². The van der Waals surface area contributed by atoms with Crippen LogP contribution in [0.3, 0.4) is 0 Å². The van der Waals surface area contributed by atoms with Gasteiger partial charge in [-0.1, -0.05) is 0 Å². The van der Waals surface area contributed by atoms with Crippen LogP contribution in [0, 0.1) is 6.92 Å². The molecule has 0 atom stereocenters. The molecule has 13 heavy (non-hydrogen) atoms. The number of carbonyl (C=O) groups is 2. The molecule has 0 aromatic heterocycles. The molecule has 0 fully saturated rings. The van der Waals surface area contributed by atoms with Crippen LogP contribution in [-0.4, -0.2) is 22.8 Å². The van der Waals surface area contributed by atoms with Crippen LogP contribution in [0.1, 0.15) is 26.3 Å². The number of benzene rings is 1. The normalized spacial score (nSPS) is 9.62. The van der Waals surface area contributed by atoms with Crippen LogP contribution in [0.15, 0.2) is 6.07 Å². The lowest BCUT2D eigenvalue weighted by molar-refractivity contribution is 0.109. The zero-order chi connectivity index (χ0) is 10.0. The average Bonchev–Trinajstić information content (AvgIpc) is 2.13. The van der Waals surface area contributed by atoms with E-state index in [1.54, 1.807) is 0 Å². The number of aldehydes is 2. The van der Waals surface area contributed by atoms with E-state index in [1.807, 2.05) is 0 Å². The van der Waals surface area contributed by atoms with Crippen molar-refractivity contribution in [1.82, 2.24) is 0 Å². The predicted molar refractivity (Wildman–Crippen MR) is 45.3 cm³/mol. The zero-order valence-corrected chi connectivity index (χ0v) is 6.94. The lowest BCUT2D eigenvalue weighted by Gasteiger charge is -2.05. The second kappa shape index (κ2) is 3.26. The molecule has 0 saturated carbocycles. The molecule has 68 valence electrons. The van der Waals surface area contributed by atoms with Gasteiger partial charge in [0.1, 0.15) is 0 Å². The summed E-state index contributed by atoms with van der Waals surface area (Å²) in [6.45, 7) is 1.52. The molecule has 0 amide bonds. The summed E-state index contributed by atoms with van der Waals surface area (Å²) in [6, 6.07) is 1.34. The van der Waals surface area contributed by atoms with E-state index in [2.05, 4.69) is 0 Å². The van der Waals surface area contributed by atoms with Gasteiger partial charge < -0.3 is 10.2 Å². The van der Waals surface area contributed by atoms with E-state index in [-0.39, 0.29) is 16.9 Å². The highest BCUT2D eigenvalue weighted by atomic mass is 16.3. The first-order valence-corrected chi connectivity index (χ1v) is 3.57. The highest BCUT2D eigenvalue weighted by Crippen LogP contribution is 2.33. The SMILES string of the molecule is Cc1cc(C=O)c(C=O)c(O)c1O. The fourth-order valence-corrected chi connectivity index (χ4v) is 1.05. The van der Waals surface area contributed by atoms with Gasteiger partial charge in [-0.05, 0) is 18.6 Å². The van der Waals surface area contributed by atoms with Crippen molar-refractivity contribution in [3.63, 3.8) is 0 Å². The topological polar surface area (TPSA) is 74.6 Å². The Hall–Kier alpha value is -1.84. The van der Waals surface area contributed by atoms with Crippen molar-refractivity contribution < 1.29 is 19.8 Å². The molecule has 0 spiro atoms. The molecular formula is C9H8O4. The fraction of sp³-hybridized carbons (Fsp3) is 0.111. The summed E-state index contributed by atoms with van der Waals surface area (Å²) in [5.74, 6) is -0.912. The Morgan fingerprint density at radius 2 is 1.77 bits per heavy atom. The van der Waals surface area contributed by atoms with Crippen molar-refractivity contribution in [3.8, 4) is 11.5 Å². The third kappa shape index (κ3) is 1.38. The zero-order valence-electron chi connectivity index (χ0n) is 6.94. The quantitative estimate of drug-likeness (QED) is 0.526. The average molecular weight is 180 g/mol. The summed E-state index contributed by atoms with van der Waals surface area (Å²) in [4.78, 5) is 20.9. The number of aryl methyl sites for hydroxylation is 1. The van der Waals surface area contributed by atoms with E-state index in [1.165, 1.54) is 13.0 Å². The monoisotopic (exact) mass is 180 g/mol. The molecule has 4 nitrogen and oxygen atoms in total. The molecule has 1 aromatic rings. The van der Waals surface area contributed by atoms with E-state index >= 15 is 0 Å². The second-order valence-electron chi connectivity index (χ2n) is 2.63. The molecule has 0 unspecified atom stereocenters. The number of phenolic OH excluding ortho intramolecular Hbond substituents is 2. The summed E-state index contributed by atoms with van der Waals surface area (Å²) in [7, 11) is 0. The van der Waals surface area contributed by atoms with Gasteiger partial charge in [0.25, 0.3) is 0 Å². The Labute approximate surface area is 74.4 Å². The van der Waals surface area contributed by atoms with Gasteiger partial charge >= 0.3 is 0 Å². The largest absolute Gasteiger partial charge is 0.504 e. The van der Waals surface area contributed by atoms with Crippen LogP contribution in [0.2, 0.25) is 0 Å². The highest BCUT2D eigenvalue weighted by Gasteiger charge is 2.13. The summed E-state index contributed by atoms with van der Waals surface area (Å²) in [5, 5.41) is 18.5. The van der Waals surface area contributed by atoms with Gasteiger partial charge in [0.2, 0.25) is 0 Å². The molecule has 2 N–H and O–H groups in total. The minimum Gasteiger partial charge on any atom is -0.504 e. The second-order valence-corrected chi connectivity index (χ2v) is 2.63. The number of rotatable bonds is 2. The van der Waals surface area contributed by atoms with Crippen molar-refractivity contribution >= 4 is 12.6 Å². The molecule has 0 aliphatic heterocycles. The van der Waals surface area contributed by atoms with Crippen molar-refractivity contribution in [2.24, 2.45) is 0 Å². The molecule has 0 saturated heterocycles. The molecule has 4 heteroatoms. The van der Waals surface area contributed by atoms with Crippen LogP contribution in [0.4, 0.5) is 0 Å². The Bertz CT molecular complexity index is 368. The lowest BCUT2D eigenvalue weighted by Crippen LogP contribution is -1.93. The van der Waals surface area contributed by atoms with E-state index < -0.39 is 5.75 Å². The maximum absolute atomic E-state index is 10.5. The predicted octanol–water partition coefficient (Wildman–Crippen LogP) is 1.03. The third-order valence-corrected chi connectivity index (χ3v) is 1.78. The minimum absolute atomic E-state index is 0.0720. The van der Waals surface area contributed by atoms with E-state index in [0.29, 0.717) is 18.1 Å². The molecule has 0 aliphatic rings. The first-order valence-electron chi connectivity index (χ1n) is 3.57. The summed E-state index contributed by atoms with van der Waals surface area (Å²) in [6.07, 6.45) is 0.786. The standard InChI is InChI=1S/C9H8O4/c1-5-2-6(3-10)7(4-11)9(13)8(5)12/h2-4,12-13H,1H3. The van der Waals surface area contributed by atoms with Crippen molar-refractivity contribution in [2.45, 2.75) is 6.92 Å². The van der Waals surface area contributed by atoms with Crippen LogP contribution in [0.25, 0.3) is 0 Å². The molecule has 0 radical (unpaired) electrons. The van der Waals surface area contributed by atoms with Crippen molar-refractivity contribution in [2.75, 3.05) is 0 Å². The summed E-state index contributed by atoms with van der Waals surface area (Å²) in [5.41, 5.74) is 0.242. The van der Waals surface area contributed by atoms with Gasteiger partial charge in [-0.3, -0.25) is 9.59 Å². The summed E-state index contributed by atoms with van der Waals surface area (Å²) >= 11 is 0. The number of aromatic hydroxyl groups is 2. The van der Waals surface area contributed by atoms with Gasteiger partial charge in [-0.15, -0.1) is 0 Å². The van der Waals surface area contributed by atoms with Gasteiger partial charge in [-0.2, -0.15) is 0 Å². The van der Waals surface area contributed by atoms with Crippen LogP contribution in [-0.2, 0) is 0 Å². The molecular weight excluding hydrogens is 172 g/mol. The third-order valence-electron chi connectivity index (χ3n) is 1.78. The molecule has 0 heterocycles. The minimum atomic E-state index is -0.544. The van der Waals surface area contributed by atoms with Crippen molar-refractivity contribution in [3.05, 3.63) is 22.8 Å². The van der Waals surface area contributed by atoms with Crippen molar-refractivity contribution in [1.29, 1.82) is 0 Å². The van der Waals surface area contributed by atoms with Gasteiger partial charge in [0.05, 0.1) is 5.56 Å². The molecule has 0 bridgehead atoms. The Balaban J connectivity index is 3.56. The smallest absolute Gasteiger partial charge is 0.169 e. The van der Waals surface area contributed by atoms with Gasteiger partial charge in [0, 0.05) is 5.56 Å². The van der Waals surface area contributed by atoms with Crippen LogP contribution in [0.5, 0.6) is 11.5 Å². The lowest BCUT2D eigenvalue weighted by atomic mass is 10.0. The van der Waals surface area contributed by atoms with Gasteiger partial charge in [0.15, 0.2) is 24.1 Å². The van der Waals surface area contributed by atoms with E-state index in [0.717, 1.165) is 0 Å². The Morgan fingerprint density at radius 1 is 1.15 bits per heavy atom. The molecule has 1 aromatic carbocycles. The van der Waals surface area contributed by atoms with E-state index in [9.17, 15) is 19.8 Å². The summed E-state index contributed by atoms with van der Waals surface area (Å²) < 4.78 is 0. The number of phenols is 2. The fourth-order valence-electron chi connectivity index (χ4n) is 1.05. The molecule has 0 aliphatic carbocycles. The first-order chi connectivity index (χ1) is 6.11.